The van der Waals surface area contributed by atoms with E-state index in [1.54, 1.807) is 0 Å². The molecule has 1 spiro atoms. The molecule has 178 valence electrons. The summed E-state index contributed by atoms with van der Waals surface area (Å²) in [6.07, 6.45) is 7.45. The summed E-state index contributed by atoms with van der Waals surface area (Å²) in [4.78, 5) is 18.9. The number of nitrogens with two attached hydrogens (primary N) is 1. The molecular formula is C26H28N8O. The zero-order valence-electron chi connectivity index (χ0n) is 19.8. The van der Waals surface area contributed by atoms with Crippen molar-refractivity contribution in [3.63, 3.8) is 0 Å². The quantitative estimate of drug-likeness (QED) is 0.479. The molecule has 3 aliphatic heterocycles. The minimum absolute atomic E-state index is 0.101. The average molecular weight is 469 g/mol. The van der Waals surface area contributed by atoms with Crippen LogP contribution in [-0.2, 0) is 13.5 Å². The fourth-order valence-corrected chi connectivity index (χ4v) is 5.86. The summed E-state index contributed by atoms with van der Waals surface area (Å²) >= 11 is 0. The maximum Gasteiger partial charge on any atom is 0.183 e. The van der Waals surface area contributed by atoms with Crippen molar-refractivity contribution >= 4 is 28.5 Å². The van der Waals surface area contributed by atoms with Crippen molar-refractivity contribution in [2.75, 3.05) is 29.4 Å². The largest absolute Gasteiger partial charge is 0.485 e. The minimum Gasteiger partial charge on any atom is -0.485 e. The summed E-state index contributed by atoms with van der Waals surface area (Å²) in [6, 6.07) is 12.1. The lowest BCUT2D eigenvalue weighted by atomic mass is 9.83. The Balaban J connectivity index is 1.16. The van der Waals surface area contributed by atoms with E-state index in [2.05, 4.69) is 26.9 Å². The lowest BCUT2D eigenvalue weighted by Crippen LogP contribution is -2.51. The van der Waals surface area contributed by atoms with Gasteiger partial charge in [-0.2, -0.15) is 5.10 Å². The Kier molecular flexibility index (Phi) is 4.51. The summed E-state index contributed by atoms with van der Waals surface area (Å²) in [7, 11) is 1.94. The van der Waals surface area contributed by atoms with Crippen LogP contribution in [0.15, 0.2) is 48.8 Å². The number of nitrogens with zero attached hydrogens (tertiary/aromatic N) is 7. The zero-order chi connectivity index (χ0) is 23.6. The van der Waals surface area contributed by atoms with Crippen molar-refractivity contribution in [1.29, 1.82) is 0 Å². The molecule has 1 aromatic carbocycles. The van der Waals surface area contributed by atoms with Gasteiger partial charge in [-0.1, -0.05) is 18.2 Å². The van der Waals surface area contributed by atoms with Gasteiger partial charge in [0.25, 0.3) is 0 Å². The Morgan fingerprint density at radius 1 is 1.06 bits per heavy atom. The molecule has 3 aromatic heterocycles. The number of pyridine rings is 1. The van der Waals surface area contributed by atoms with Gasteiger partial charge in [0.2, 0.25) is 0 Å². The molecular weight excluding hydrogens is 440 g/mol. The van der Waals surface area contributed by atoms with E-state index in [1.165, 1.54) is 0 Å². The summed E-state index contributed by atoms with van der Waals surface area (Å²) in [5, 5.41) is 4.82. The zero-order valence-corrected chi connectivity index (χ0v) is 19.8. The normalized spacial score (nSPS) is 20.7. The molecule has 7 rings (SSSR count). The van der Waals surface area contributed by atoms with Gasteiger partial charge in [-0.25, -0.2) is 14.6 Å². The third kappa shape index (κ3) is 3.11. The van der Waals surface area contributed by atoms with Crippen molar-refractivity contribution in [2.24, 2.45) is 12.8 Å². The molecule has 0 aliphatic carbocycles. The predicted octanol–water partition coefficient (Wildman–Crippen LogP) is 3.27. The summed E-state index contributed by atoms with van der Waals surface area (Å²) < 4.78 is 8.25. The van der Waals surface area contributed by atoms with Gasteiger partial charge >= 0.3 is 0 Å². The Morgan fingerprint density at radius 2 is 1.91 bits per heavy atom. The van der Waals surface area contributed by atoms with E-state index in [4.69, 9.17) is 25.5 Å². The SMILES string of the molecule is Cn1nc(N2CCCc3ncccc32)c2ncc(N3CCC4(CC3)Oc3ccccc3[C@H]4N)nc21. The fourth-order valence-electron chi connectivity index (χ4n) is 5.86. The van der Waals surface area contributed by atoms with Gasteiger partial charge < -0.3 is 20.3 Å². The predicted molar refractivity (Wildman–Crippen MR) is 134 cm³/mol. The molecule has 1 saturated heterocycles. The molecule has 1 atom stereocenters. The molecule has 9 heteroatoms. The molecule has 0 amide bonds. The van der Waals surface area contributed by atoms with E-state index >= 15 is 0 Å². The average Bonchev–Trinajstić information content (AvgIpc) is 3.37. The third-order valence-electron chi connectivity index (χ3n) is 7.78. The van der Waals surface area contributed by atoms with Crippen LogP contribution in [0.5, 0.6) is 5.75 Å². The summed E-state index contributed by atoms with van der Waals surface area (Å²) in [6.45, 7) is 2.53. The van der Waals surface area contributed by atoms with Crippen LogP contribution in [0, 0.1) is 0 Å². The molecule has 3 aliphatic rings. The lowest BCUT2D eigenvalue weighted by molar-refractivity contribution is 0.0431. The number of para-hydroxylation sites is 1. The van der Waals surface area contributed by atoms with Crippen molar-refractivity contribution in [1.82, 2.24) is 24.7 Å². The van der Waals surface area contributed by atoms with Crippen LogP contribution in [0.25, 0.3) is 11.2 Å². The van der Waals surface area contributed by atoms with E-state index in [1.807, 2.05) is 48.4 Å². The summed E-state index contributed by atoms with van der Waals surface area (Å²) in [5.74, 6) is 2.63. The topological polar surface area (TPSA) is 98.2 Å². The highest BCUT2D eigenvalue weighted by molar-refractivity contribution is 5.88. The second kappa shape index (κ2) is 7.64. The molecule has 4 aromatic rings. The van der Waals surface area contributed by atoms with Crippen LogP contribution in [0.4, 0.5) is 17.3 Å². The van der Waals surface area contributed by atoms with Crippen molar-refractivity contribution in [3.05, 3.63) is 60.0 Å². The third-order valence-corrected chi connectivity index (χ3v) is 7.78. The van der Waals surface area contributed by atoms with Gasteiger partial charge in [0.15, 0.2) is 17.0 Å². The van der Waals surface area contributed by atoms with Crippen LogP contribution in [0.2, 0.25) is 0 Å². The number of benzene rings is 1. The van der Waals surface area contributed by atoms with E-state index in [0.717, 1.165) is 90.8 Å². The molecule has 1 fully saturated rings. The van der Waals surface area contributed by atoms with Crippen molar-refractivity contribution in [3.8, 4) is 5.75 Å². The van der Waals surface area contributed by atoms with Crippen LogP contribution in [-0.4, -0.2) is 50.0 Å². The number of fused-ring (bicyclic) bond motifs is 3. The maximum atomic E-state index is 6.65. The number of aromatic nitrogens is 5. The molecule has 0 saturated carbocycles. The van der Waals surface area contributed by atoms with Crippen LogP contribution >= 0.6 is 0 Å². The number of hydrogen-bond donors (Lipinski definition) is 1. The molecule has 0 radical (unpaired) electrons. The first-order valence-corrected chi connectivity index (χ1v) is 12.3. The number of ether oxygens (including phenoxy) is 1. The van der Waals surface area contributed by atoms with Gasteiger partial charge in [0, 0.05) is 51.3 Å². The number of anilines is 3. The monoisotopic (exact) mass is 468 g/mol. The van der Waals surface area contributed by atoms with Crippen molar-refractivity contribution in [2.45, 2.75) is 37.3 Å². The maximum absolute atomic E-state index is 6.65. The van der Waals surface area contributed by atoms with E-state index in [-0.39, 0.29) is 11.6 Å². The van der Waals surface area contributed by atoms with Crippen LogP contribution < -0.4 is 20.3 Å². The Bertz CT molecular complexity index is 1420. The van der Waals surface area contributed by atoms with Gasteiger partial charge in [0.1, 0.15) is 17.2 Å². The smallest absolute Gasteiger partial charge is 0.183 e. The number of hydrogen-bond acceptors (Lipinski definition) is 8. The highest BCUT2D eigenvalue weighted by Gasteiger charge is 2.48. The second-order valence-electron chi connectivity index (χ2n) is 9.74. The highest BCUT2D eigenvalue weighted by Crippen LogP contribution is 2.47. The number of aryl methyl sites for hydroxylation is 2. The first kappa shape index (κ1) is 20.6. The minimum atomic E-state index is -0.340. The van der Waals surface area contributed by atoms with Gasteiger partial charge in [-0.15, -0.1) is 0 Å². The van der Waals surface area contributed by atoms with Gasteiger partial charge in [-0.3, -0.25) is 4.98 Å². The van der Waals surface area contributed by atoms with E-state index in [0.29, 0.717) is 0 Å². The Morgan fingerprint density at radius 3 is 2.77 bits per heavy atom. The Labute approximate surface area is 203 Å². The molecule has 0 bridgehead atoms. The van der Waals surface area contributed by atoms with Gasteiger partial charge in [-0.05, 0) is 31.0 Å². The Hall–Kier alpha value is -3.72. The van der Waals surface area contributed by atoms with Crippen LogP contribution in [0.1, 0.15) is 36.6 Å². The van der Waals surface area contributed by atoms with E-state index < -0.39 is 0 Å². The highest BCUT2D eigenvalue weighted by atomic mass is 16.5. The first-order valence-electron chi connectivity index (χ1n) is 12.3. The van der Waals surface area contributed by atoms with Gasteiger partial charge in [0.05, 0.1) is 23.6 Å². The van der Waals surface area contributed by atoms with E-state index in [9.17, 15) is 0 Å². The number of rotatable bonds is 2. The molecule has 35 heavy (non-hydrogen) atoms. The van der Waals surface area contributed by atoms with Crippen LogP contribution in [0.3, 0.4) is 0 Å². The lowest BCUT2D eigenvalue weighted by Gasteiger charge is -2.41. The molecule has 2 N–H and O–H groups in total. The molecule has 9 nitrogen and oxygen atoms in total. The van der Waals surface area contributed by atoms with Crippen molar-refractivity contribution < 1.29 is 4.74 Å². The first-order chi connectivity index (χ1) is 17.1. The number of piperidine rings is 1. The standard InChI is InChI=1S/C26H28N8O/c1-32-24-22(25(31-32)34-13-5-7-18-19(34)8-4-12-28-18)29-16-21(30-24)33-14-10-26(11-15-33)23(27)17-6-2-3-9-20(17)35-26/h2-4,6,8-9,12,16,23H,5,7,10-11,13-15,27H2,1H3/t23-/m1/s1. The fraction of sp³-hybridized carbons (Fsp3) is 0.385. The summed E-state index contributed by atoms with van der Waals surface area (Å²) in [5.41, 5.74) is 11.2. The molecule has 6 heterocycles. The second-order valence-corrected chi connectivity index (χ2v) is 9.74. The molecule has 0 unspecified atom stereocenters.